The van der Waals surface area contributed by atoms with E-state index in [-0.39, 0.29) is 12.1 Å². The van der Waals surface area contributed by atoms with Crippen LogP contribution in [0.3, 0.4) is 0 Å². The molecule has 2 unspecified atom stereocenters. The molecule has 1 heterocycles. The molecule has 0 radical (unpaired) electrons. The first-order chi connectivity index (χ1) is 10.2. The van der Waals surface area contributed by atoms with Gasteiger partial charge in [-0.05, 0) is 49.8 Å². The predicted octanol–water partition coefficient (Wildman–Crippen LogP) is 3.37. The van der Waals surface area contributed by atoms with E-state index in [0.717, 1.165) is 18.8 Å². The number of thioether (sulfide) groups is 1. The Hall–Kier alpha value is -1.20. The standard InChI is InChI=1S/C16H25N3OS/c1-3-17-12(2)13-6-4-7-14(10-13)19-16(20)18-11-15-8-5-9-21-15/h4,6-7,10,12,15,17H,3,5,8-9,11H2,1-2H3,(H2,18,19,20). The maximum Gasteiger partial charge on any atom is 0.319 e. The first kappa shape index (κ1) is 16.2. The third-order valence-corrected chi connectivity index (χ3v) is 5.07. The summed E-state index contributed by atoms with van der Waals surface area (Å²) in [5.74, 6) is 1.22. The van der Waals surface area contributed by atoms with Gasteiger partial charge in [0.2, 0.25) is 0 Å². The average molecular weight is 307 g/mol. The largest absolute Gasteiger partial charge is 0.337 e. The monoisotopic (exact) mass is 307 g/mol. The predicted molar refractivity (Wildman–Crippen MR) is 91.0 cm³/mol. The third kappa shape index (κ3) is 5.25. The lowest BCUT2D eigenvalue weighted by Gasteiger charge is -2.15. The molecular weight excluding hydrogens is 282 g/mol. The van der Waals surface area contributed by atoms with E-state index in [4.69, 9.17) is 0 Å². The first-order valence-electron chi connectivity index (χ1n) is 7.69. The van der Waals surface area contributed by atoms with Gasteiger partial charge in [0.1, 0.15) is 0 Å². The number of anilines is 1. The molecule has 2 rings (SSSR count). The Kier molecular flexibility index (Phi) is 6.39. The summed E-state index contributed by atoms with van der Waals surface area (Å²) in [4.78, 5) is 11.9. The molecule has 21 heavy (non-hydrogen) atoms. The minimum Gasteiger partial charge on any atom is -0.337 e. The van der Waals surface area contributed by atoms with Crippen LogP contribution in [0.1, 0.15) is 38.3 Å². The van der Waals surface area contributed by atoms with Crippen LogP contribution in [0.4, 0.5) is 10.5 Å². The molecule has 1 aromatic rings. The molecule has 4 nitrogen and oxygen atoms in total. The van der Waals surface area contributed by atoms with E-state index in [2.05, 4.69) is 35.9 Å². The van der Waals surface area contributed by atoms with Crippen LogP contribution in [-0.4, -0.2) is 30.1 Å². The molecule has 1 aromatic carbocycles. The van der Waals surface area contributed by atoms with Gasteiger partial charge in [-0.15, -0.1) is 0 Å². The molecule has 0 aliphatic carbocycles. The zero-order valence-electron chi connectivity index (χ0n) is 12.8. The Morgan fingerprint density at radius 3 is 3.05 bits per heavy atom. The van der Waals surface area contributed by atoms with E-state index in [0.29, 0.717) is 5.25 Å². The molecule has 1 aliphatic rings. The van der Waals surface area contributed by atoms with Crippen molar-refractivity contribution in [2.24, 2.45) is 0 Å². The van der Waals surface area contributed by atoms with Crippen molar-refractivity contribution in [2.75, 3.05) is 24.2 Å². The van der Waals surface area contributed by atoms with Crippen molar-refractivity contribution in [3.8, 4) is 0 Å². The van der Waals surface area contributed by atoms with Gasteiger partial charge < -0.3 is 16.0 Å². The fourth-order valence-electron chi connectivity index (χ4n) is 2.50. The van der Waals surface area contributed by atoms with Gasteiger partial charge in [-0.3, -0.25) is 0 Å². The smallest absolute Gasteiger partial charge is 0.319 e. The van der Waals surface area contributed by atoms with Crippen LogP contribution in [0.2, 0.25) is 0 Å². The van der Waals surface area contributed by atoms with Gasteiger partial charge >= 0.3 is 6.03 Å². The average Bonchev–Trinajstić information content (AvgIpc) is 2.99. The summed E-state index contributed by atoms with van der Waals surface area (Å²) in [6, 6.07) is 8.17. The first-order valence-corrected chi connectivity index (χ1v) is 8.73. The van der Waals surface area contributed by atoms with Crippen molar-refractivity contribution in [3.63, 3.8) is 0 Å². The lowest BCUT2D eigenvalue weighted by Crippen LogP contribution is -2.33. The van der Waals surface area contributed by atoms with Crippen molar-refractivity contribution in [3.05, 3.63) is 29.8 Å². The number of carbonyl (C=O) groups is 1. The fourth-order valence-corrected chi connectivity index (χ4v) is 3.70. The van der Waals surface area contributed by atoms with Gasteiger partial charge in [0, 0.05) is 23.5 Å². The number of hydrogen-bond acceptors (Lipinski definition) is 3. The van der Waals surface area contributed by atoms with Crippen LogP contribution in [0.5, 0.6) is 0 Å². The zero-order chi connectivity index (χ0) is 15.1. The molecule has 0 saturated carbocycles. The van der Waals surface area contributed by atoms with E-state index < -0.39 is 0 Å². The van der Waals surface area contributed by atoms with Crippen molar-refractivity contribution >= 4 is 23.5 Å². The van der Waals surface area contributed by atoms with Crippen molar-refractivity contribution in [2.45, 2.75) is 38.0 Å². The lowest BCUT2D eigenvalue weighted by atomic mass is 10.1. The topological polar surface area (TPSA) is 53.2 Å². The number of rotatable bonds is 6. The summed E-state index contributed by atoms with van der Waals surface area (Å²) in [7, 11) is 0. The Morgan fingerprint density at radius 2 is 2.33 bits per heavy atom. The SMILES string of the molecule is CCNC(C)c1cccc(NC(=O)NCC2CCCS2)c1. The van der Waals surface area contributed by atoms with Gasteiger partial charge in [-0.25, -0.2) is 4.79 Å². The fraction of sp³-hybridized carbons (Fsp3) is 0.562. The van der Waals surface area contributed by atoms with Gasteiger partial charge in [-0.2, -0.15) is 11.8 Å². The minimum absolute atomic E-state index is 0.115. The van der Waals surface area contributed by atoms with E-state index in [1.54, 1.807) is 0 Å². The molecule has 2 atom stereocenters. The second-order valence-corrected chi connectivity index (χ2v) is 6.78. The summed E-state index contributed by atoms with van der Waals surface area (Å²) in [5.41, 5.74) is 2.02. The zero-order valence-corrected chi connectivity index (χ0v) is 13.6. The third-order valence-electron chi connectivity index (χ3n) is 3.67. The van der Waals surface area contributed by atoms with E-state index >= 15 is 0 Å². The van der Waals surface area contributed by atoms with Crippen molar-refractivity contribution in [1.29, 1.82) is 0 Å². The molecule has 5 heteroatoms. The molecule has 1 fully saturated rings. The molecule has 1 aliphatic heterocycles. The highest BCUT2D eigenvalue weighted by Crippen LogP contribution is 2.25. The molecular formula is C16H25N3OS. The molecule has 2 amide bonds. The van der Waals surface area contributed by atoms with Crippen molar-refractivity contribution < 1.29 is 4.79 Å². The summed E-state index contributed by atoms with van der Waals surface area (Å²) < 4.78 is 0. The maximum absolute atomic E-state index is 11.9. The number of carbonyl (C=O) groups excluding carboxylic acids is 1. The van der Waals surface area contributed by atoms with Crippen LogP contribution in [0.15, 0.2) is 24.3 Å². The van der Waals surface area contributed by atoms with E-state index in [1.807, 2.05) is 30.0 Å². The lowest BCUT2D eigenvalue weighted by molar-refractivity contribution is 0.252. The van der Waals surface area contributed by atoms with Crippen LogP contribution < -0.4 is 16.0 Å². The second-order valence-electron chi connectivity index (χ2n) is 5.37. The Bertz CT molecular complexity index is 461. The summed E-state index contributed by atoms with van der Waals surface area (Å²) in [5, 5.41) is 9.83. The Morgan fingerprint density at radius 1 is 1.48 bits per heavy atom. The van der Waals surface area contributed by atoms with Crippen LogP contribution in [0, 0.1) is 0 Å². The summed E-state index contributed by atoms with van der Waals surface area (Å²) >= 11 is 1.95. The molecule has 1 saturated heterocycles. The van der Waals surface area contributed by atoms with Crippen LogP contribution in [-0.2, 0) is 0 Å². The Balaban J connectivity index is 1.83. The molecule has 116 valence electrons. The number of hydrogen-bond donors (Lipinski definition) is 3. The highest BCUT2D eigenvalue weighted by Gasteiger charge is 2.16. The number of nitrogens with one attached hydrogen (secondary N) is 3. The van der Waals surface area contributed by atoms with Crippen LogP contribution >= 0.6 is 11.8 Å². The van der Waals surface area contributed by atoms with Crippen LogP contribution in [0.25, 0.3) is 0 Å². The molecule has 0 aromatic heterocycles. The maximum atomic E-state index is 11.9. The summed E-state index contributed by atoms with van der Waals surface area (Å²) in [6.07, 6.45) is 2.48. The highest BCUT2D eigenvalue weighted by atomic mass is 32.2. The number of amides is 2. The van der Waals surface area contributed by atoms with Gasteiger partial charge in [0.05, 0.1) is 0 Å². The Labute approximate surface area is 131 Å². The number of benzene rings is 1. The number of urea groups is 1. The van der Waals surface area contributed by atoms with Gasteiger partial charge in [0.15, 0.2) is 0 Å². The van der Waals surface area contributed by atoms with Gasteiger partial charge in [0.25, 0.3) is 0 Å². The second kappa shape index (κ2) is 8.29. The summed E-state index contributed by atoms with van der Waals surface area (Å²) in [6.45, 7) is 5.90. The highest BCUT2D eigenvalue weighted by molar-refractivity contribution is 8.00. The normalized spacial score (nSPS) is 19.2. The minimum atomic E-state index is -0.115. The van der Waals surface area contributed by atoms with Crippen molar-refractivity contribution in [1.82, 2.24) is 10.6 Å². The van der Waals surface area contributed by atoms with Gasteiger partial charge in [-0.1, -0.05) is 19.1 Å². The molecule has 3 N–H and O–H groups in total. The molecule has 0 spiro atoms. The quantitative estimate of drug-likeness (QED) is 0.755. The van der Waals surface area contributed by atoms with E-state index in [1.165, 1.54) is 24.2 Å². The van der Waals surface area contributed by atoms with E-state index in [9.17, 15) is 4.79 Å². The molecule has 0 bridgehead atoms.